The lowest BCUT2D eigenvalue weighted by Gasteiger charge is -2.29. The molecule has 1 fully saturated rings. The van der Waals surface area contributed by atoms with Crippen LogP contribution in [0.25, 0.3) is 0 Å². The molecule has 1 aliphatic heterocycles. The van der Waals surface area contributed by atoms with E-state index < -0.39 is 0 Å². The van der Waals surface area contributed by atoms with E-state index >= 15 is 0 Å². The number of nitrogen functional groups attached to an aromatic ring is 1. The van der Waals surface area contributed by atoms with Crippen molar-refractivity contribution in [2.45, 2.75) is 40.3 Å². The van der Waals surface area contributed by atoms with Crippen LogP contribution in [-0.2, 0) is 29.0 Å². The molecule has 0 aromatic carbocycles. The minimum atomic E-state index is -0.247. The Bertz CT molecular complexity index is 1280. The predicted molar refractivity (Wildman–Crippen MR) is 139 cm³/mol. The Balaban J connectivity index is 1.44. The number of nitrogens with two attached hydrogens (primary N) is 1. The quantitative estimate of drug-likeness (QED) is 0.434. The summed E-state index contributed by atoms with van der Waals surface area (Å²) in [5.41, 5.74) is 13.6. The number of rotatable bonds is 8. The lowest BCUT2D eigenvalue weighted by atomic mass is 10.1. The topological polar surface area (TPSA) is 127 Å². The van der Waals surface area contributed by atoms with Crippen molar-refractivity contribution >= 4 is 17.5 Å². The van der Waals surface area contributed by atoms with Gasteiger partial charge in [0.1, 0.15) is 11.6 Å². The molecular weight excluding hydrogens is 458 g/mol. The van der Waals surface area contributed by atoms with E-state index in [4.69, 9.17) is 10.5 Å². The number of hydrogen-bond donors (Lipinski definition) is 3. The van der Waals surface area contributed by atoms with Crippen LogP contribution >= 0.6 is 0 Å². The van der Waals surface area contributed by atoms with Gasteiger partial charge in [-0.1, -0.05) is 6.07 Å². The van der Waals surface area contributed by atoms with Crippen molar-refractivity contribution in [2.24, 2.45) is 0 Å². The first-order valence-corrected chi connectivity index (χ1v) is 12.0. The zero-order valence-electron chi connectivity index (χ0n) is 21.0. The highest BCUT2D eigenvalue weighted by atomic mass is 16.5. The van der Waals surface area contributed by atoms with E-state index in [1.807, 2.05) is 39.0 Å². The van der Waals surface area contributed by atoms with Crippen LogP contribution in [0.5, 0.6) is 0 Å². The van der Waals surface area contributed by atoms with Crippen molar-refractivity contribution in [3.8, 4) is 0 Å². The molecule has 1 aliphatic rings. The Labute approximate surface area is 210 Å². The number of carbonyl (C=O) groups is 1. The van der Waals surface area contributed by atoms with Crippen LogP contribution in [0.4, 0.5) is 11.6 Å². The standard InChI is InChI=1S/C26H33N7O3/c1-17-6-8-33(30-15-20-5-4-7-28-25(20)32-9-11-36-12-10-32)26(35)21(17)14-24(34)29-16-22-18(2)13-23(27)31-19(22)3/h4-8,13,30H,9-12,14-16H2,1-3H3,(H2,27,31)(H,29,34). The molecule has 1 saturated heterocycles. The summed E-state index contributed by atoms with van der Waals surface area (Å²) in [6, 6.07) is 7.50. The summed E-state index contributed by atoms with van der Waals surface area (Å²) in [5.74, 6) is 1.11. The summed E-state index contributed by atoms with van der Waals surface area (Å²) in [6.45, 7) is 9.27. The Morgan fingerprint density at radius 3 is 2.64 bits per heavy atom. The molecule has 0 aliphatic carbocycles. The second-order valence-corrected chi connectivity index (χ2v) is 8.95. The monoisotopic (exact) mass is 491 g/mol. The van der Waals surface area contributed by atoms with Gasteiger partial charge < -0.3 is 26.1 Å². The maximum atomic E-state index is 13.2. The summed E-state index contributed by atoms with van der Waals surface area (Å²) >= 11 is 0. The van der Waals surface area contributed by atoms with Gasteiger partial charge in [0.25, 0.3) is 5.56 Å². The van der Waals surface area contributed by atoms with Crippen LogP contribution in [0.15, 0.2) is 41.5 Å². The van der Waals surface area contributed by atoms with Gasteiger partial charge in [0.05, 0.1) is 26.2 Å². The molecule has 36 heavy (non-hydrogen) atoms. The third-order valence-electron chi connectivity index (χ3n) is 6.42. The highest BCUT2D eigenvalue weighted by Crippen LogP contribution is 2.18. The minimum Gasteiger partial charge on any atom is -0.384 e. The van der Waals surface area contributed by atoms with Gasteiger partial charge in [-0.2, -0.15) is 0 Å². The average molecular weight is 492 g/mol. The van der Waals surface area contributed by atoms with E-state index in [2.05, 4.69) is 25.6 Å². The van der Waals surface area contributed by atoms with Crippen LogP contribution in [0.1, 0.15) is 33.5 Å². The van der Waals surface area contributed by atoms with Gasteiger partial charge in [-0.25, -0.2) is 14.6 Å². The summed E-state index contributed by atoms with van der Waals surface area (Å²) in [5, 5.41) is 2.91. The largest absolute Gasteiger partial charge is 0.384 e. The van der Waals surface area contributed by atoms with Crippen LogP contribution in [0.3, 0.4) is 0 Å². The normalized spacial score (nSPS) is 13.5. The number of morpholine rings is 1. The minimum absolute atomic E-state index is 0.0143. The molecule has 3 aromatic rings. The molecule has 4 N–H and O–H groups in total. The number of nitrogens with one attached hydrogen (secondary N) is 2. The molecule has 190 valence electrons. The van der Waals surface area contributed by atoms with Crippen LogP contribution in [0.2, 0.25) is 0 Å². The molecule has 0 unspecified atom stereocenters. The fourth-order valence-electron chi connectivity index (χ4n) is 4.37. The summed E-state index contributed by atoms with van der Waals surface area (Å²) in [7, 11) is 0. The van der Waals surface area contributed by atoms with E-state index in [-0.39, 0.29) is 17.9 Å². The van der Waals surface area contributed by atoms with Crippen molar-refractivity contribution in [1.82, 2.24) is 20.0 Å². The van der Waals surface area contributed by atoms with Gasteiger partial charge in [0.15, 0.2) is 0 Å². The molecular formula is C26H33N7O3. The lowest BCUT2D eigenvalue weighted by molar-refractivity contribution is -0.120. The number of aromatic nitrogens is 3. The molecule has 4 rings (SSSR count). The number of pyridine rings is 3. The van der Waals surface area contributed by atoms with E-state index in [0.29, 0.717) is 37.7 Å². The molecule has 0 radical (unpaired) electrons. The Morgan fingerprint density at radius 2 is 1.89 bits per heavy atom. The van der Waals surface area contributed by atoms with Gasteiger partial charge >= 0.3 is 0 Å². The molecule has 1 amide bonds. The Morgan fingerprint density at radius 1 is 1.11 bits per heavy atom. The molecule has 10 heteroatoms. The molecule has 10 nitrogen and oxygen atoms in total. The van der Waals surface area contributed by atoms with Crippen molar-refractivity contribution in [3.05, 3.63) is 80.5 Å². The maximum Gasteiger partial charge on any atom is 0.272 e. The molecule has 0 saturated carbocycles. The number of aryl methyl sites for hydroxylation is 3. The first-order chi connectivity index (χ1) is 17.3. The van der Waals surface area contributed by atoms with Gasteiger partial charge in [-0.3, -0.25) is 9.59 Å². The zero-order valence-corrected chi connectivity index (χ0v) is 21.0. The number of carbonyl (C=O) groups excluding carboxylic acids is 1. The average Bonchev–Trinajstić information content (AvgIpc) is 2.86. The van der Waals surface area contributed by atoms with E-state index in [0.717, 1.165) is 46.9 Å². The lowest BCUT2D eigenvalue weighted by Crippen LogP contribution is -2.38. The molecule has 4 heterocycles. The first kappa shape index (κ1) is 25.2. The maximum absolute atomic E-state index is 13.2. The van der Waals surface area contributed by atoms with Crippen molar-refractivity contribution in [3.63, 3.8) is 0 Å². The van der Waals surface area contributed by atoms with Gasteiger partial charge in [-0.05, 0) is 55.7 Å². The van der Waals surface area contributed by atoms with Gasteiger partial charge in [0.2, 0.25) is 5.91 Å². The van der Waals surface area contributed by atoms with Crippen molar-refractivity contribution in [2.75, 3.05) is 42.4 Å². The van der Waals surface area contributed by atoms with E-state index in [9.17, 15) is 9.59 Å². The molecule has 3 aromatic heterocycles. The Hall–Kier alpha value is -3.92. The molecule has 0 atom stereocenters. The number of anilines is 2. The van der Waals surface area contributed by atoms with E-state index in [1.165, 1.54) is 4.68 Å². The summed E-state index contributed by atoms with van der Waals surface area (Å²) in [4.78, 5) is 37.0. The fourth-order valence-corrected chi connectivity index (χ4v) is 4.37. The third-order valence-corrected chi connectivity index (χ3v) is 6.42. The van der Waals surface area contributed by atoms with E-state index in [1.54, 1.807) is 18.5 Å². The molecule has 0 spiro atoms. The van der Waals surface area contributed by atoms with Gasteiger partial charge in [0, 0.05) is 48.8 Å². The fraction of sp³-hybridized carbons (Fsp3) is 0.385. The SMILES string of the molecule is Cc1cc(N)nc(C)c1CNC(=O)Cc1c(C)ccn(NCc2cccnc2N2CCOCC2)c1=O. The van der Waals surface area contributed by atoms with Crippen LogP contribution < -0.4 is 26.9 Å². The smallest absolute Gasteiger partial charge is 0.272 e. The zero-order chi connectivity index (χ0) is 25.7. The van der Waals surface area contributed by atoms with Crippen molar-refractivity contribution < 1.29 is 9.53 Å². The third kappa shape index (κ3) is 5.83. The highest BCUT2D eigenvalue weighted by Gasteiger charge is 2.17. The first-order valence-electron chi connectivity index (χ1n) is 12.0. The summed E-state index contributed by atoms with van der Waals surface area (Å²) < 4.78 is 6.88. The van der Waals surface area contributed by atoms with Crippen molar-refractivity contribution in [1.29, 1.82) is 0 Å². The van der Waals surface area contributed by atoms with Gasteiger partial charge in [-0.15, -0.1) is 0 Å². The number of hydrogen-bond acceptors (Lipinski definition) is 8. The summed E-state index contributed by atoms with van der Waals surface area (Å²) in [6.07, 6.45) is 3.45. The second-order valence-electron chi connectivity index (χ2n) is 8.95. The second kappa shape index (κ2) is 11.2. The van der Waals surface area contributed by atoms with Crippen LogP contribution in [0, 0.1) is 20.8 Å². The number of ether oxygens (including phenoxy) is 1. The Kier molecular flexibility index (Phi) is 7.84. The number of amides is 1. The molecule has 0 bridgehead atoms. The highest BCUT2D eigenvalue weighted by molar-refractivity contribution is 5.78. The predicted octanol–water partition coefficient (Wildman–Crippen LogP) is 1.58. The number of nitrogens with zero attached hydrogens (tertiary/aromatic N) is 4. The van der Waals surface area contributed by atoms with Crippen LogP contribution in [-0.4, -0.2) is 46.9 Å².